The van der Waals surface area contributed by atoms with Gasteiger partial charge in [0.05, 0.1) is 0 Å². The van der Waals surface area contributed by atoms with Crippen molar-refractivity contribution in [3.05, 3.63) is 0 Å². The predicted octanol–water partition coefficient (Wildman–Crippen LogP) is 1.01. The van der Waals surface area contributed by atoms with E-state index in [-0.39, 0.29) is 12.4 Å². The molecule has 1 fully saturated rings. The summed E-state index contributed by atoms with van der Waals surface area (Å²) in [5.74, 6) is 1.84. The van der Waals surface area contributed by atoms with Crippen molar-refractivity contribution in [1.29, 1.82) is 5.41 Å². The van der Waals surface area contributed by atoms with E-state index in [4.69, 9.17) is 5.41 Å². The van der Waals surface area contributed by atoms with E-state index in [2.05, 4.69) is 27.4 Å². The van der Waals surface area contributed by atoms with Gasteiger partial charge in [-0.25, -0.2) is 0 Å². The molecule has 0 bridgehead atoms. The van der Waals surface area contributed by atoms with E-state index in [9.17, 15) is 0 Å². The second kappa shape index (κ2) is 6.69. The number of likely N-dealkylation sites (tertiary alicyclic amines) is 1. The van der Waals surface area contributed by atoms with Gasteiger partial charge in [0.1, 0.15) is 0 Å². The highest BCUT2D eigenvalue weighted by Crippen LogP contribution is 2.08. The summed E-state index contributed by atoms with van der Waals surface area (Å²) >= 11 is 0. The Kier molecular flexibility index (Phi) is 5.55. The van der Waals surface area contributed by atoms with Crippen LogP contribution in [0.4, 0.5) is 0 Å². The summed E-state index contributed by atoms with van der Waals surface area (Å²) in [6.45, 7) is 5.95. The average molecular weight is 260 g/mol. The molecule has 0 aromatic carbocycles. The second-order valence-corrected chi connectivity index (χ2v) is 4.70. The van der Waals surface area contributed by atoms with Crippen molar-refractivity contribution < 1.29 is 0 Å². The molecule has 2 rings (SSSR count). The molecule has 98 valence electrons. The Morgan fingerprint density at radius 2 is 2.12 bits per heavy atom. The first kappa shape index (κ1) is 14.1. The quantitative estimate of drug-likeness (QED) is 0.450. The zero-order valence-corrected chi connectivity index (χ0v) is 11.1. The predicted molar refractivity (Wildman–Crippen MR) is 73.0 cm³/mol. The van der Waals surface area contributed by atoms with Crippen LogP contribution in [0.25, 0.3) is 0 Å². The second-order valence-electron chi connectivity index (χ2n) is 4.70. The van der Waals surface area contributed by atoms with Gasteiger partial charge in [0.15, 0.2) is 11.9 Å². The van der Waals surface area contributed by atoms with Crippen LogP contribution >= 0.6 is 12.4 Å². The third kappa shape index (κ3) is 4.07. The van der Waals surface area contributed by atoms with Gasteiger partial charge in [-0.1, -0.05) is 6.92 Å². The SMILES string of the molecule is CC1CN=C(NC(=N)N2CCCCC2)NC1.Cl. The molecule has 0 radical (unpaired) electrons. The van der Waals surface area contributed by atoms with Crippen molar-refractivity contribution in [1.82, 2.24) is 15.5 Å². The topological polar surface area (TPSA) is 63.5 Å². The minimum absolute atomic E-state index is 0. The molecule has 0 saturated carbocycles. The highest BCUT2D eigenvalue weighted by Gasteiger charge is 2.16. The number of guanidine groups is 2. The Balaban J connectivity index is 0.00000144. The van der Waals surface area contributed by atoms with Gasteiger partial charge in [-0.3, -0.25) is 15.7 Å². The first-order valence-electron chi connectivity index (χ1n) is 6.14. The summed E-state index contributed by atoms with van der Waals surface area (Å²) in [5, 5.41) is 14.2. The number of aliphatic imine (C=N–C) groups is 1. The average Bonchev–Trinajstić information content (AvgIpc) is 2.33. The lowest BCUT2D eigenvalue weighted by molar-refractivity contribution is 0.333. The smallest absolute Gasteiger partial charge is 0.198 e. The normalized spacial score (nSPS) is 24.2. The van der Waals surface area contributed by atoms with E-state index in [1.54, 1.807) is 0 Å². The van der Waals surface area contributed by atoms with E-state index in [0.29, 0.717) is 11.9 Å². The van der Waals surface area contributed by atoms with Crippen LogP contribution in [0.5, 0.6) is 0 Å². The van der Waals surface area contributed by atoms with E-state index in [1.807, 2.05) is 0 Å². The Labute approximate surface area is 109 Å². The zero-order valence-electron chi connectivity index (χ0n) is 10.3. The van der Waals surface area contributed by atoms with Gasteiger partial charge >= 0.3 is 0 Å². The fraction of sp³-hybridized carbons (Fsp3) is 0.818. The molecule has 2 aliphatic heterocycles. The highest BCUT2D eigenvalue weighted by molar-refractivity contribution is 5.97. The fourth-order valence-electron chi connectivity index (χ4n) is 2.03. The molecule has 17 heavy (non-hydrogen) atoms. The van der Waals surface area contributed by atoms with Crippen LogP contribution in [-0.2, 0) is 0 Å². The van der Waals surface area contributed by atoms with Crippen molar-refractivity contribution in [2.45, 2.75) is 26.2 Å². The van der Waals surface area contributed by atoms with Gasteiger partial charge in [0, 0.05) is 26.2 Å². The molecule has 6 heteroatoms. The maximum Gasteiger partial charge on any atom is 0.198 e. The largest absolute Gasteiger partial charge is 0.356 e. The molecule has 1 atom stereocenters. The maximum atomic E-state index is 7.96. The van der Waals surface area contributed by atoms with Gasteiger partial charge in [-0.2, -0.15) is 0 Å². The van der Waals surface area contributed by atoms with E-state index in [0.717, 1.165) is 32.1 Å². The van der Waals surface area contributed by atoms with Crippen LogP contribution < -0.4 is 10.6 Å². The molecule has 3 N–H and O–H groups in total. The number of nitrogens with zero attached hydrogens (tertiary/aromatic N) is 2. The standard InChI is InChI=1S/C11H21N5.ClH/c1-9-7-13-11(14-8-9)15-10(12)16-5-3-2-4-6-16;/h9H,2-8H2,1H3,(H3,12,13,14,15);1H. The van der Waals surface area contributed by atoms with Crippen molar-refractivity contribution in [2.24, 2.45) is 10.9 Å². The molecule has 0 aromatic rings. The van der Waals surface area contributed by atoms with E-state index >= 15 is 0 Å². The molecular weight excluding hydrogens is 238 g/mol. The number of hydrogen-bond donors (Lipinski definition) is 3. The van der Waals surface area contributed by atoms with Crippen LogP contribution in [0, 0.1) is 11.3 Å². The molecule has 2 aliphatic rings. The van der Waals surface area contributed by atoms with Crippen LogP contribution in [0.1, 0.15) is 26.2 Å². The Morgan fingerprint density at radius 1 is 1.41 bits per heavy atom. The zero-order chi connectivity index (χ0) is 11.4. The molecule has 0 spiro atoms. The third-order valence-corrected chi connectivity index (χ3v) is 3.09. The third-order valence-electron chi connectivity index (χ3n) is 3.09. The van der Waals surface area contributed by atoms with Crippen molar-refractivity contribution in [3.8, 4) is 0 Å². The maximum absolute atomic E-state index is 7.96. The van der Waals surface area contributed by atoms with Crippen molar-refractivity contribution in [2.75, 3.05) is 26.2 Å². The number of rotatable bonds is 0. The molecule has 0 amide bonds. The molecule has 2 heterocycles. The van der Waals surface area contributed by atoms with Gasteiger partial charge in [0.2, 0.25) is 0 Å². The van der Waals surface area contributed by atoms with Gasteiger partial charge in [0.25, 0.3) is 0 Å². The summed E-state index contributed by atoms with van der Waals surface area (Å²) in [4.78, 5) is 6.46. The van der Waals surface area contributed by atoms with Crippen molar-refractivity contribution in [3.63, 3.8) is 0 Å². The number of halogens is 1. The lowest BCUT2D eigenvalue weighted by Gasteiger charge is -2.30. The Morgan fingerprint density at radius 3 is 2.71 bits per heavy atom. The fourth-order valence-corrected chi connectivity index (χ4v) is 2.03. The molecule has 0 aliphatic carbocycles. The van der Waals surface area contributed by atoms with E-state index in [1.165, 1.54) is 19.3 Å². The first-order chi connectivity index (χ1) is 7.75. The number of piperidine rings is 1. The van der Waals surface area contributed by atoms with Gasteiger partial charge in [-0.05, 0) is 25.2 Å². The molecule has 5 nitrogen and oxygen atoms in total. The molecule has 1 unspecified atom stereocenters. The minimum atomic E-state index is 0. The van der Waals surface area contributed by atoms with Gasteiger partial charge < -0.3 is 10.2 Å². The summed E-state index contributed by atoms with van der Waals surface area (Å²) in [6, 6.07) is 0. The van der Waals surface area contributed by atoms with Crippen LogP contribution in [0.15, 0.2) is 4.99 Å². The highest BCUT2D eigenvalue weighted by atomic mass is 35.5. The number of nitrogens with one attached hydrogen (secondary N) is 3. The van der Waals surface area contributed by atoms with E-state index < -0.39 is 0 Å². The summed E-state index contributed by atoms with van der Waals surface area (Å²) < 4.78 is 0. The summed E-state index contributed by atoms with van der Waals surface area (Å²) in [6.07, 6.45) is 3.68. The molecule has 1 saturated heterocycles. The lowest BCUT2D eigenvalue weighted by atomic mass is 10.1. The lowest BCUT2D eigenvalue weighted by Crippen LogP contribution is -2.51. The van der Waals surface area contributed by atoms with Crippen LogP contribution in [-0.4, -0.2) is 43.0 Å². The number of hydrogen-bond acceptors (Lipinski definition) is 3. The monoisotopic (exact) mass is 259 g/mol. The minimum Gasteiger partial charge on any atom is -0.356 e. The van der Waals surface area contributed by atoms with Crippen molar-refractivity contribution >= 4 is 24.3 Å². The first-order valence-corrected chi connectivity index (χ1v) is 6.14. The summed E-state index contributed by atoms with van der Waals surface area (Å²) in [7, 11) is 0. The summed E-state index contributed by atoms with van der Waals surface area (Å²) in [5.41, 5.74) is 0. The Hall–Kier alpha value is -0.970. The molecular formula is C11H22ClN5. The Bertz CT molecular complexity index is 286. The van der Waals surface area contributed by atoms with Crippen LogP contribution in [0.2, 0.25) is 0 Å². The van der Waals surface area contributed by atoms with Crippen LogP contribution in [0.3, 0.4) is 0 Å². The molecule has 0 aromatic heterocycles. The van der Waals surface area contributed by atoms with Gasteiger partial charge in [-0.15, -0.1) is 12.4 Å².